The number of rotatable bonds is 0. The van der Waals surface area contributed by atoms with Crippen LogP contribution in [0.1, 0.15) is 6.42 Å². The van der Waals surface area contributed by atoms with E-state index in [4.69, 9.17) is 0 Å². The lowest BCUT2D eigenvalue weighted by Crippen LogP contribution is -2.06. The summed E-state index contributed by atoms with van der Waals surface area (Å²) < 4.78 is 0. The van der Waals surface area contributed by atoms with Crippen molar-refractivity contribution in [2.24, 2.45) is 15.0 Å². The highest BCUT2D eigenvalue weighted by atomic mass is 16.3. The van der Waals surface area contributed by atoms with E-state index in [1.165, 1.54) is 0 Å². The van der Waals surface area contributed by atoms with Gasteiger partial charge in [0.2, 0.25) is 0 Å². The molecule has 0 aliphatic carbocycles. The lowest BCUT2D eigenvalue weighted by atomic mass is 10.2. The molecular formula is C20H14N4O. The van der Waals surface area contributed by atoms with Crippen molar-refractivity contribution in [3.8, 4) is 0 Å². The second-order valence-corrected chi connectivity index (χ2v) is 6.15. The fraction of sp³-hybridized carbons (Fsp3) is 0.0500. The van der Waals surface area contributed by atoms with Gasteiger partial charge in [0.05, 0.1) is 39.9 Å². The summed E-state index contributed by atoms with van der Waals surface area (Å²) in [6.45, 7) is 0. The standard InChI is InChI=1S/C20H14N4O/c25-20-11-18-9-16-4-3-14(22-16)7-12-1-2-13(21-12)8-15-5-6-17(23-15)10-19(20)24-18/h1-10,24-25H,11H2. The van der Waals surface area contributed by atoms with E-state index in [-0.39, 0.29) is 0 Å². The Labute approximate surface area is 144 Å². The molecule has 5 rings (SSSR count). The lowest BCUT2D eigenvalue weighted by Gasteiger charge is -2.01. The molecular weight excluding hydrogens is 312 g/mol. The van der Waals surface area contributed by atoms with Crippen molar-refractivity contribution in [3.63, 3.8) is 0 Å². The maximum atomic E-state index is 10.2. The smallest absolute Gasteiger partial charge is 0.122 e. The average Bonchev–Trinajstić information content (AvgIpc) is 3.33. The van der Waals surface area contributed by atoms with Gasteiger partial charge in [-0.15, -0.1) is 0 Å². The van der Waals surface area contributed by atoms with E-state index >= 15 is 0 Å². The van der Waals surface area contributed by atoms with Gasteiger partial charge >= 0.3 is 0 Å². The fourth-order valence-electron chi connectivity index (χ4n) is 3.07. The number of aliphatic hydroxyl groups excluding tert-OH is 1. The van der Waals surface area contributed by atoms with Crippen molar-refractivity contribution >= 4 is 17.1 Å². The Morgan fingerprint density at radius 1 is 0.680 bits per heavy atom. The number of aliphatic imine (C=N–C) groups is 3. The summed E-state index contributed by atoms with van der Waals surface area (Å²) in [6, 6.07) is 0. The van der Waals surface area contributed by atoms with Crippen LogP contribution in [0.3, 0.4) is 0 Å². The Hall–Kier alpha value is -3.47. The maximum Gasteiger partial charge on any atom is 0.122 e. The number of nitrogens with one attached hydrogen (secondary N) is 1. The number of hydrogen-bond donors (Lipinski definition) is 2. The maximum absolute atomic E-state index is 10.2. The van der Waals surface area contributed by atoms with E-state index in [1.54, 1.807) is 0 Å². The van der Waals surface area contributed by atoms with E-state index in [0.717, 1.165) is 39.9 Å². The highest BCUT2D eigenvalue weighted by Gasteiger charge is 2.18. The van der Waals surface area contributed by atoms with E-state index < -0.39 is 0 Å². The van der Waals surface area contributed by atoms with Crippen molar-refractivity contribution < 1.29 is 5.11 Å². The first-order valence-electron chi connectivity index (χ1n) is 8.06. The SMILES string of the molecule is OC1=C2C=C3C=CC(=N3)C=C3C=CC(=N3)C=C3C=CC(=N3)C=C(C1)N2. The Bertz CT molecular complexity index is 1030. The van der Waals surface area contributed by atoms with Crippen LogP contribution in [0.25, 0.3) is 0 Å². The van der Waals surface area contributed by atoms with Crippen molar-refractivity contribution in [2.45, 2.75) is 6.42 Å². The zero-order chi connectivity index (χ0) is 16.8. The van der Waals surface area contributed by atoms with Gasteiger partial charge in [-0.05, 0) is 60.8 Å². The van der Waals surface area contributed by atoms with Crippen LogP contribution in [0.2, 0.25) is 0 Å². The van der Waals surface area contributed by atoms with Crippen molar-refractivity contribution in [3.05, 3.63) is 95.0 Å². The molecule has 0 saturated heterocycles. The molecule has 5 nitrogen and oxygen atoms in total. The highest BCUT2D eigenvalue weighted by molar-refractivity contribution is 6.12. The molecule has 0 unspecified atom stereocenters. The summed E-state index contributed by atoms with van der Waals surface area (Å²) in [5.74, 6) is 0.310. The first-order valence-corrected chi connectivity index (χ1v) is 8.06. The molecule has 0 saturated carbocycles. The van der Waals surface area contributed by atoms with Crippen LogP contribution in [-0.4, -0.2) is 22.2 Å². The normalized spacial score (nSPS) is 23.0. The molecule has 25 heavy (non-hydrogen) atoms. The summed E-state index contributed by atoms with van der Waals surface area (Å²) in [5.41, 5.74) is 6.66. The summed E-state index contributed by atoms with van der Waals surface area (Å²) in [7, 11) is 0. The molecule has 5 aliphatic rings. The molecule has 5 heterocycles. The molecule has 0 atom stereocenters. The van der Waals surface area contributed by atoms with Crippen molar-refractivity contribution in [2.75, 3.05) is 0 Å². The van der Waals surface area contributed by atoms with Crippen LogP contribution < -0.4 is 5.32 Å². The van der Waals surface area contributed by atoms with Gasteiger partial charge < -0.3 is 10.4 Å². The topological polar surface area (TPSA) is 69.3 Å². The molecule has 0 aromatic heterocycles. The van der Waals surface area contributed by atoms with Crippen LogP contribution in [0.15, 0.2) is 110 Å². The Morgan fingerprint density at radius 2 is 1.20 bits per heavy atom. The van der Waals surface area contributed by atoms with Gasteiger partial charge in [-0.2, -0.15) is 0 Å². The van der Waals surface area contributed by atoms with Gasteiger partial charge in [-0.25, -0.2) is 15.0 Å². The molecule has 0 fully saturated rings. The minimum atomic E-state index is 0.310. The van der Waals surface area contributed by atoms with Gasteiger partial charge in [0.15, 0.2) is 0 Å². The largest absolute Gasteiger partial charge is 0.510 e. The Balaban J connectivity index is 1.63. The Morgan fingerprint density at radius 3 is 1.80 bits per heavy atom. The minimum absolute atomic E-state index is 0.310. The van der Waals surface area contributed by atoms with E-state index in [1.807, 2.05) is 60.8 Å². The van der Waals surface area contributed by atoms with Gasteiger partial charge in [-0.1, -0.05) is 0 Å². The summed E-state index contributed by atoms with van der Waals surface area (Å²) in [4.78, 5) is 13.7. The van der Waals surface area contributed by atoms with Crippen LogP contribution >= 0.6 is 0 Å². The third-order valence-corrected chi connectivity index (χ3v) is 4.22. The van der Waals surface area contributed by atoms with Crippen molar-refractivity contribution in [1.29, 1.82) is 0 Å². The predicted octanol–water partition coefficient (Wildman–Crippen LogP) is 3.33. The lowest BCUT2D eigenvalue weighted by molar-refractivity contribution is 0.401. The third kappa shape index (κ3) is 2.65. The Kier molecular flexibility index (Phi) is 2.94. The fourth-order valence-corrected chi connectivity index (χ4v) is 3.07. The number of aliphatic hydroxyl groups is 1. The van der Waals surface area contributed by atoms with E-state index in [9.17, 15) is 5.11 Å². The number of hydrogen-bond acceptors (Lipinski definition) is 5. The number of allylic oxidation sites excluding steroid dienone is 10. The predicted molar refractivity (Wildman–Crippen MR) is 99.5 cm³/mol. The zero-order valence-corrected chi connectivity index (χ0v) is 13.3. The van der Waals surface area contributed by atoms with Gasteiger partial charge in [0.25, 0.3) is 0 Å². The van der Waals surface area contributed by atoms with Crippen LogP contribution in [0, 0.1) is 0 Å². The third-order valence-electron chi connectivity index (χ3n) is 4.22. The summed E-state index contributed by atoms with van der Waals surface area (Å²) in [5, 5.41) is 13.5. The molecule has 0 aromatic carbocycles. The number of fused-ring (bicyclic) bond motifs is 5. The van der Waals surface area contributed by atoms with Crippen LogP contribution in [0.4, 0.5) is 0 Å². The average molecular weight is 326 g/mol. The molecule has 0 spiro atoms. The zero-order valence-electron chi connectivity index (χ0n) is 13.3. The molecule has 5 aliphatic heterocycles. The molecule has 0 aromatic rings. The summed E-state index contributed by atoms with van der Waals surface area (Å²) >= 11 is 0. The van der Waals surface area contributed by atoms with E-state index in [2.05, 4.69) is 20.3 Å². The van der Waals surface area contributed by atoms with Gasteiger partial charge in [-0.3, -0.25) is 0 Å². The first kappa shape index (κ1) is 13.9. The summed E-state index contributed by atoms with van der Waals surface area (Å²) in [6.07, 6.45) is 19.9. The molecule has 5 heteroatoms. The molecule has 8 bridgehead atoms. The van der Waals surface area contributed by atoms with Gasteiger partial charge in [0.1, 0.15) is 5.76 Å². The molecule has 0 amide bonds. The molecule has 0 radical (unpaired) electrons. The van der Waals surface area contributed by atoms with Crippen LogP contribution in [0.5, 0.6) is 0 Å². The molecule has 2 N–H and O–H groups in total. The van der Waals surface area contributed by atoms with Crippen LogP contribution in [-0.2, 0) is 0 Å². The molecule has 120 valence electrons. The van der Waals surface area contributed by atoms with Crippen molar-refractivity contribution in [1.82, 2.24) is 5.32 Å². The quantitative estimate of drug-likeness (QED) is 0.717. The minimum Gasteiger partial charge on any atom is -0.510 e. The first-order chi connectivity index (χ1) is 12.2. The second-order valence-electron chi connectivity index (χ2n) is 6.15. The van der Waals surface area contributed by atoms with E-state index in [0.29, 0.717) is 17.9 Å². The monoisotopic (exact) mass is 326 g/mol. The van der Waals surface area contributed by atoms with Gasteiger partial charge in [0, 0.05) is 12.1 Å². The number of nitrogens with zero attached hydrogens (tertiary/aromatic N) is 3. The second kappa shape index (κ2) is 5.27. The highest BCUT2D eigenvalue weighted by Crippen LogP contribution is 2.24.